The molecule has 0 radical (unpaired) electrons. The Morgan fingerprint density at radius 3 is 3.12 bits per heavy atom. The maximum atomic E-state index is 15.4. The van der Waals surface area contributed by atoms with Crippen molar-refractivity contribution in [2.45, 2.75) is 38.0 Å². The van der Waals surface area contributed by atoms with Crippen LogP contribution in [-0.4, -0.2) is 50.6 Å². The number of hydrogen-bond donors (Lipinski definition) is 1. The minimum atomic E-state index is -2.37. The van der Waals surface area contributed by atoms with E-state index in [0.717, 1.165) is 0 Å². The van der Waals surface area contributed by atoms with Crippen molar-refractivity contribution in [1.82, 2.24) is 19.5 Å². The van der Waals surface area contributed by atoms with Gasteiger partial charge in [0, 0.05) is 4.57 Å². The highest BCUT2D eigenvalue weighted by molar-refractivity contribution is 7.33. The first-order valence-electron chi connectivity index (χ1n) is 7.66. The zero-order valence-electron chi connectivity index (χ0n) is 13.5. The molecule has 2 aromatic rings. The van der Waals surface area contributed by atoms with Crippen molar-refractivity contribution in [3.05, 3.63) is 6.33 Å². The minimum Gasteiger partial charge on any atom is -0.476 e. The van der Waals surface area contributed by atoms with Crippen molar-refractivity contribution >= 4 is 25.4 Å². The number of halogens is 1. The third-order valence-electron chi connectivity index (χ3n) is 4.16. The summed E-state index contributed by atoms with van der Waals surface area (Å²) in [6, 6.07) is 0. The van der Waals surface area contributed by atoms with Gasteiger partial charge in [0.1, 0.15) is 12.7 Å². The van der Waals surface area contributed by atoms with E-state index in [-0.39, 0.29) is 24.1 Å². The second-order valence-corrected chi connectivity index (χ2v) is 6.78. The number of fused-ring (bicyclic) bond motifs is 2. The van der Waals surface area contributed by atoms with Crippen LogP contribution in [0.15, 0.2) is 6.33 Å². The topological polar surface area (TPSA) is 124 Å². The van der Waals surface area contributed by atoms with Crippen molar-refractivity contribution in [2.75, 3.05) is 18.9 Å². The lowest BCUT2D eigenvalue weighted by molar-refractivity contribution is -0.0576. The van der Waals surface area contributed by atoms with Gasteiger partial charge in [-0.05, 0) is 13.8 Å². The van der Waals surface area contributed by atoms with Crippen LogP contribution >= 0.6 is 8.25 Å². The zero-order valence-corrected chi connectivity index (χ0v) is 14.4. The molecule has 0 bridgehead atoms. The van der Waals surface area contributed by atoms with Crippen molar-refractivity contribution in [3.63, 3.8) is 0 Å². The summed E-state index contributed by atoms with van der Waals surface area (Å²) >= 11 is 0. The van der Waals surface area contributed by atoms with E-state index in [0.29, 0.717) is 12.1 Å². The molecule has 2 fully saturated rings. The molecule has 0 spiro atoms. The molecule has 0 aliphatic carbocycles. The SMILES string of the molecule is CCOc1nc(N)nc2c1ncn2C1OC2CO[P+](=O)OC2C1(C)F. The summed E-state index contributed by atoms with van der Waals surface area (Å²) in [7, 11) is -2.37. The average Bonchev–Trinajstić information content (AvgIpc) is 3.07. The average molecular weight is 372 g/mol. The van der Waals surface area contributed by atoms with Crippen molar-refractivity contribution in [3.8, 4) is 5.88 Å². The molecule has 4 heterocycles. The van der Waals surface area contributed by atoms with Crippen molar-refractivity contribution in [1.29, 1.82) is 0 Å². The summed E-state index contributed by atoms with van der Waals surface area (Å²) in [4.78, 5) is 12.3. The van der Waals surface area contributed by atoms with E-state index >= 15 is 4.39 Å². The van der Waals surface area contributed by atoms with Gasteiger partial charge in [-0.3, -0.25) is 4.57 Å². The number of alkyl halides is 1. The van der Waals surface area contributed by atoms with Gasteiger partial charge in [0.2, 0.25) is 11.8 Å². The summed E-state index contributed by atoms with van der Waals surface area (Å²) in [6.07, 6.45) is -1.46. The third-order valence-corrected chi connectivity index (χ3v) is 4.92. The van der Waals surface area contributed by atoms with Crippen LogP contribution < -0.4 is 10.5 Å². The van der Waals surface area contributed by atoms with Crippen LogP contribution in [-0.2, 0) is 18.3 Å². The fraction of sp³-hybridized carbons (Fsp3) is 0.615. The van der Waals surface area contributed by atoms with Crippen LogP contribution in [0.4, 0.5) is 10.3 Å². The molecule has 0 amide bonds. The highest BCUT2D eigenvalue weighted by atomic mass is 31.1. The Balaban J connectivity index is 1.78. The number of ether oxygens (including phenoxy) is 2. The van der Waals surface area contributed by atoms with Crippen LogP contribution in [0.1, 0.15) is 20.1 Å². The molecular weight excluding hydrogens is 356 g/mol. The second-order valence-electron chi connectivity index (χ2n) is 5.87. The van der Waals surface area contributed by atoms with Gasteiger partial charge in [-0.1, -0.05) is 0 Å². The van der Waals surface area contributed by atoms with E-state index in [4.69, 9.17) is 24.3 Å². The van der Waals surface area contributed by atoms with Gasteiger partial charge in [-0.25, -0.2) is 9.37 Å². The van der Waals surface area contributed by atoms with Gasteiger partial charge in [-0.15, -0.1) is 9.05 Å². The van der Waals surface area contributed by atoms with Gasteiger partial charge in [0.15, 0.2) is 29.2 Å². The number of nitrogens with zero attached hydrogens (tertiary/aromatic N) is 4. The Bertz CT molecular complexity index is 846. The molecule has 10 nitrogen and oxygen atoms in total. The van der Waals surface area contributed by atoms with Gasteiger partial charge in [-0.2, -0.15) is 9.97 Å². The number of nitrogen functional groups attached to an aromatic ring is 1. The Morgan fingerprint density at radius 1 is 1.56 bits per heavy atom. The molecule has 5 unspecified atom stereocenters. The van der Waals surface area contributed by atoms with Crippen LogP contribution in [0, 0.1) is 0 Å². The Labute approximate surface area is 142 Å². The van der Waals surface area contributed by atoms with Crippen molar-refractivity contribution in [2.24, 2.45) is 0 Å². The molecular formula is C13H16FN5O5P+. The molecule has 25 heavy (non-hydrogen) atoms. The Kier molecular flexibility index (Phi) is 3.84. The predicted octanol–water partition coefficient (Wildman–Crippen LogP) is 1.51. The molecule has 5 atom stereocenters. The van der Waals surface area contributed by atoms with Gasteiger partial charge in [0.25, 0.3) is 0 Å². The van der Waals surface area contributed by atoms with Crippen LogP contribution in [0.3, 0.4) is 0 Å². The molecule has 2 aliphatic rings. The monoisotopic (exact) mass is 372 g/mol. The van der Waals surface area contributed by atoms with E-state index in [9.17, 15) is 4.57 Å². The second kappa shape index (κ2) is 5.80. The first kappa shape index (κ1) is 16.5. The summed E-state index contributed by atoms with van der Waals surface area (Å²) in [5, 5.41) is 0. The molecule has 2 aromatic heterocycles. The first-order valence-corrected chi connectivity index (χ1v) is 8.75. The van der Waals surface area contributed by atoms with E-state index in [1.807, 2.05) is 0 Å². The van der Waals surface area contributed by atoms with E-state index < -0.39 is 32.4 Å². The molecule has 12 heteroatoms. The third kappa shape index (κ3) is 2.54. The minimum absolute atomic E-state index is 0.0240. The molecule has 2 saturated heterocycles. The summed E-state index contributed by atoms with van der Waals surface area (Å²) in [6.45, 7) is 3.45. The summed E-state index contributed by atoms with van der Waals surface area (Å²) < 4.78 is 49.5. The lowest BCUT2D eigenvalue weighted by Crippen LogP contribution is -2.43. The van der Waals surface area contributed by atoms with E-state index in [1.54, 1.807) is 6.92 Å². The molecule has 0 aromatic carbocycles. The first-order chi connectivity index (χ1) is 11.9. The normalized spacial score (nSPS) is 33.6. The number of aromatic nitrogens is 4. The maximum absolute atomic E-state index is 15.4. The fourth-order valence-electron chi connectivity index (χ4n) is 3.08. The predicted molar refractivity (Wildman–Crippen MR) is 82.8 cm³/mol. The highest BCUT2D eigenvalue weighted by Crippen LogP contribution is 2.50. The largest absolute Gasteiger partial charge is 0.697 e. The van der Waals surface area contributed by atoms with Gasteiger partial charge in [0.05, 0.1) is 12.9 Å². The number of hydrogen-bond acceptors (Lipinski definition) is 9. The quantitative estimate of drug-likeness (QED) is 0.798. The van der Waals surface area contributed by atoms with Crippen molar-refractivity contribution < 1.29 is 27.5 Å². The summed E-state index contributed by atoms with van der Waals surface area (Å²) in [5.74, 6) is 0.179. The molecule has 0 saturated carbocycles. The van der Waals surface area contributed by atoms with Crippen LogP contribution in [0.2, 0.25) is 0 Å². The van der Waals surface area contributed by atoms with E-state index in [1.165, 1.54) is 17.8 Å². The lowest BCUT2D eigenvalue weighted by atomic mass is 9.98. The molecule has 2 N–H and O–H groups in total. The van der Waals surface area contributed by atoms with Gasteiger partial charge >= 0.3 is 8.25 Å². The van der Waals surface area contributed by atoms with E-state index in [2.05, 4.69) is 15.0 Å². The number of rotatable bonds is 3. The number of imidazole rings is 1. The number of nitrogens with two attached hydrogens (primary N) is 1. The van der Waals surface area contributed by atoms with Crippen LogP contribution in [0.25, 0.3) is 11.2 Å². The smallest absolute Gasteiger partial charge is 0.476 e. The highest BCUT2D eigenvalue weighted by Gasteiger charge is 2.63. The Morgan fingerprint density at radius 2 is 2.36 bits per heavy atom. The Hall–Kier alpha value is -1.94. The summed E-state index contributed by atoms with van der Waals surface area (Å²) in [5.41, 5.74) is 4.35. The van der Waals surface area contributed by atoms with Gasteiger partial charge < -0.3 is 15.2 Å². The molecule has 2 aliphatic heterocycles. The standard InChI is InChI=1S/C13H16FN5O5P/c1-3-21-10-7-9(17-12(15)18-10)19(5-16-7)11-13(2,14)8-6(23-11)4-22-25(20)24-8/h5-6,8,11H,3-4H2,1-2H3,(H2,15,17,18)/q+1. The maximum Gasteiger partial charge on any atom is 0.697 e. The fourth-order valence-corrected chi connectivity index (χ4v) is 3.94. The van der Waals surface area contributed by atoms with Crippen LogP contribution in [0.5, 0.6) is 5.88 Å². The molecule has 4 rings (SSSR count). The molecule has 134 valence electrons. The number of anilines is 1. The lowest BCUT2D eigenvalue weighted by Gasteiger charge is -2.24. The zero-order chi connectivity index (χ0) is 17.8.